The van der Waals surface area contributed by atoms with Crippen molar-refractivity contribution >= 4 is 11.8 Å². The van der Waals surface area contributed by atoms with Gasteiger partial charge in [0.1, 0.15) is 0 Å². The molecule has 5 heteroatoms. The van der Waals surface area contributed by atoms with E-state index in [1.165, 1.54) is 0 Å². The molecule has 94 valence electrons. The normalized spacial score (nSPS) is 13.4. The van der Waals surface area contributed by atoms with Crippen LogP contribution in [-0.2, 0) is 9.59 Å². The number of hydrogen-bond donors (Lipinski definition) is 3. The Morgan fingerprint density at radius 2 is 1.75 bits per heavy atom. The maximum Gasteiger partial charge on any atom is 0.239 e. The van der Waals surface area contributed by atoms with E-state index >= 15 is 0 Å². The summed E-state index contributed by atoms with van der Waals surface area (Å²) < 4.78 is 0. The van der Waals surface area contributed by atoms with Gasteiger partial charge in [-0.15, -0.1) is 0 Å². The number of hydrogen-bond acceptors (Lipinski definition) is 3. The highest BCUT2D eigenvalue weighted by Crippen LogP contribution is 2.16. The van der Waals surface area contributed by atoms with Crippen LogP contribution in [0, 0.1) is 5.41 Å². The highest BCUT2D eigenvalue weighted by molar-refractivity contribution is 5.87. The van der Waals surface area contributed by atoms with E-state index in [0.29, 0.717) is 0 Å². The Kier molecular flexibility index (Phi) is 5.44. The summed E-state index contributed by atoms with van der Waals surface area (Å²) in [6.07, 6.45) is 0. The van der Waals surface area contributed by atoms with Gasteiger partial charge in [0.25, 0.3) is 0 Å². The van der Waals surface area contributed by atoms with E-state index in [4.69, 9.17) is 5.73 Å². The average molecular weight is 229 g/mol. The molecule has 0 aromatic rings. The molecule has 0 fully saturated rings. The van der Waals surface area contributed by atoms with Crippen LogP contribution in [0.3, 0.4) is 0 Å². The summed E-state index contributed by atoms with van der Waals surface area (Å²) in [5.74, 6) is -0.504. The van der Waals surface area contributed by atoms with Crippen molar-refractivity contribution < 1.29 is 9.59 Å². The number of amides is 2. The van der Waals surface area contributed by atoms with Crippen LogP contribution in [0.4, 0.5) is 0 Å². The minimum atomic E-state index is -0.612. The first kappa shape index (κ1) is 14.9. The molecule has 0 radical (unpaired) electrons. The lowest BCUT2D eigenvalue weighted by Crippen LogP contribution is -2.51. The number of carbonyl (C=O) groups excluding carboxylic acids is 2. The van der Waals surface area contributed by atoms with Crippen molar-refractivity contribution in [3.8, 4) is 0 Å². The Morgan fingerprint density at radius 1 is 1.25 bits per heavy atom. The highest BCUT2D eigenvalue weighted by atomic mass is 16.2. The molecule has 4 N–H and O–H groups in total. The molecule has 0 saturated heterocycles. The van der Waals surface area contributed by atoms with Crippen LogP contribution in [0.15, 0.2) is 0 Å². The smallest absolute Gasteiger partial charge is 0.239 e. The Balaban J connectivity index is 4.04. The van der Waals surface area contributed by atoms with E-state index in [1.807, 2.05) is 34.6 Å². The molecule has 1 unspecified atom stereocenters. The standard InChI is InChI=1S/C11H23N3O2/c1-7(2)14-8(15)6-13-10(16)9(12)11(3,4)5/h7,9H,6,12H2,1-5H3,(H,13,16)(H,14,15). The molecule has 5 nitrogen and oxygen atoms in total. The first-order valence-corrected chi connectivity index (χ1v) is 5.47. The van der Waals surface area contributed by atoms with Gasteiger partial charge in [0, 0.05) is 6.04 Å². The SMILES string of the molecule is CC(C)NC(=O)CNC(=O)C(N)C(C)(C)C. The Morgan fingerprint density at radius 3 is 2.12 bits per heavy atom. The lowest BCUT2D eigenvalue weighted by molar-refractivity contribution is -0.128. The third kappa shape index (κ3) is 5.70. The van der Waals surface area contributed by atoms with Crippen molar-refractivity contribution in [2.45, 2.75) is 46.7 Å². The predicted octanol–water partition coefficient (Wildman–Crippen LogP) is 0.000600. The van der Waals surface area contributed by atoms with Crippen molar-refractivity contribution in [1.29, 1.82) is 0 Å². The van der Waals surface area contributed by atoms with Crippen LogP contribution in [0.25, 0.3) is 0 Å². The quantitative estimate of drug-likeness (QED) is 0.634. The van der Waals surface area contributed by atoms with Gasteiger partial charge in [-0.3, -0.25) is 9.59 Å². The molecule has 0 spiro atoms. The summed E-state index contributed by atoms with van der Waals surface area (Å²) in [4.78, 5) is 22.8. The zero-order chi connectivity index (χ0) is 12.9. The van der Waals surface area contributed by atoms with Crippen molar-refractivity contribution in [3.63, 3.8) is 0 Å². The fraction of sp³-hybridized carbons (Fsp3) is 0.818. The maximum atomic E-state index is 11.6. The summed E-state index contributed by atoms with van der Waals surface area (Å²) >= 11 is 0. The molecule has 0 aliphatic rings. The number of nitrogens with two attached hydrogens (primary N) is 1. The monoisotopic (exact) mass is 229 g/mol. The molecule has 0 saturated carbocycles. The average Bonchev–Trinajstić information content (AvgIpc) is 2.10. The number of rotatable bonds is 4. The van der Waals surface area contributed by atoms with Crippen molar-refractivity contribution in [2.75, 3.05) is 6.54 Å². The van der Waals surface area contributed by atoms with Crippen LogP contribution in [-0.4, -0.2) is 30.4 Å². The number of nitrogens with one attached hydrogen (secondary N) is 2. The van der Waals surface area contributed by atoms with Gasteiger partial charge in [-0.1, -0.05) is 20.8 Å². The van der Waals surface area contributed by atoms with Crippen LogP contribution in [0.2, 0.25) is 0 Å². The molecule has 16 heavy (non-hydrogen) atoms. The van der Waals surface area contributed by atoms with Gasteiger partial charge in [0.2, 0.25) is 11.8 Å². The molecule has 0 aliphatic heterocycles. The Labute approximate surface area is 97.2 Å². The van der Waals surface area contributed by atoms with E-state index in [2.05, 4.69) is 10.6 Å². The molecule has 0 aromatic heterocycles. The van der Waals surface area contributed by atoms with Crippen LogP contribution in [0.1, 0.15) is 34.6 Å². The summed E-state index contributed by atoms with van der Waals surface area (Å²) in [7, 11) is 0. The van der Waals surface area contributed by atoms with Gasteiger partial charge in [0.15, 0.2) is 0 Å². The lowest BCUT2D eigenvalue weighted by atomic mass is 9.87. The second-order valence-corrected chi connectivity index (χ2v) is 5.28. The van der Waals surface area contributed by atoms with Crippen LogP contribution < -0.4 is 16.4 Å². The molecule has 2 amide bonds. The van der Waals surface area contributed by atoms with Gasteiger partial charge in [0.05, 0.1) is 12.6 Å². The molecule has 0 bridgehead atoms. The van der Waals surface area contributed by atoms with Gasteiger partial charge < -0.3 is 16.4 Å². The Hall–Kier alpha value is -1.10. The summed E-state index contributed by atoms with van der Waals surface area (Å²) in [6, 6.07) is -0.542. The molecule has 0 heterocycles. The molecule has 0 rings (SSSR count). The molecule has 0 aromatic carbocycles. The van der Waals surface area contributed by atoms with Crippen LogP contribution in [0.5, 0.6) is 0 Å². The largest absolute Gasteiger partial charge is 0.352 e. The van der Waals surface area contributed by atoms with Gasteiger partial charge in [-0.05, 0) is 19.3 Å². The van der Waals surface area contributed by atoms with E-state index in [1.54, 1.807) is 0 Å². The van der Waals surface area contributed by atoms with Crippen molar-refractivity contribution in [2.24, 2.45) is 11.1 Å². The highest BCUT2D eigenvalue weighted by Gasteiger charge is 2.27. The summed E-state index contributed by atoms with van der Waals surface area (Å²) in [5, 5.41) is 5.20. The fourth-order valence-corrected chi connectivity index (χ4v) is 1.04. The van der Waals surface area contributed by atoms with E-state index in [9.17, 15) is 9.59 Å². The minimum Gasteiger partial charge on any atom is -0.352 e. The fourth-order valence-electron chi connectivity index (χ4n) is 1.04. The summed E-state index contributed by atoms with van der Waals surface area (Å²) in [6.45, 7) is 9.34. The summed E-state index contributed by atoms with van der Waals surface area (Å²) in [5.41, 5.74) is 5.43. The third-order valence-corrected chi connectivity index (χ3v) is 2.09. The molecular weight excluding hydrogens is 206 g/mol. The van der Waals surface area contributed by atoms with E-state index < -0.39 is 6.04 Å². The first-order chi connectivity index (χ1) is 7.14. The number of carbonyl (C=O) groups is 2. The zero-order valence-corrected chi connectivity index (χ0v) is 10.8. The first-order valence-electron chi connectivity index (χ1n) is 5.47. The minimum absolute atomic E-state index is 0.0270. The lowest BCUT2D eigenvalue weighted by Gasteiger charge is -2.25. The van der Waals surface area contributed by atoms with Crippen molar-refractivity contribution in [3.05, 3.63) is 0 Å². The zero-order valence-electron chi connectivity index (χ0n) is 10.8. The van der Waals surface area contributed by atoms with E-state index in [0.717, 1.165) is 0 Å². The van der Waals surface area contributed by atoms with Gasteiger partial charge in [-0.25, -0.2) is 0 Å². The van der Waals surface area contributed by atoms with Gasteiger partial charge >= 0.3 is 0 Å². The molecule has 0 aliphatic carbocycles. The molecule has 1 atom stereocenters. The Bertz CT molecular complexity index is 256. The topological polar surface area (TPSA) is 84.2 Å². The second-order valence-electron chi connectivity index (χ2n) is 5.28. The van der Waals surface area contributed by atoms with Gasteiger partial charge in [-0.2, -0.15) is 0 Å². The van der Waals surface area contributed by atoms with E-state index in [-0.39, 0.29) is 29.8 Å². The molecular formula is C11H23N3O2. The second kappa shape index (κ2) is 5.84. The van der Waals surface area contributed by atoms with Crippen LogP contribution >= 0.6 is 0 Å². The third-order valence-electron chi connectivity index (χ3n) is 2.09. The van der Waals surface area contributed by atoms with Crippen molar-refractivity contribution in [1.82, 2.24) is 10.6 Å². The maximum absolute atomic E-state index is 11.6. The predicted molar refractivity (Wildman–Crippen MR) is 63.7 cm³/mol.